The van der Waals surface area contributed by atoms with Crippen LogP contribution in [0.2, 0.25) is 0 Å². The molecule has 0 aliphatic rings. The molecule has 20 heavy (non-hydrogen) atoms. The van der Waals surface area contributed by atoms with Gasteiger partial charge in [0.2, 0.25) is 0 Å². The maximum absolute atomic E-state index is 14.0. The molecule has 0 spiro atoms. The Hall–Kier alpha value is -1.13. The molecule has 0 fully saturated rings. The molecule has 0 heterocycles. The van der Waals surface area contributed by atoms with Gasteiger partial charge in [-0.05, 0) is 39.1 Å². The van der Waals surface area contributed by atoms with E-state index in [2.05, 4.69) is 31.0 Å². The Morgan fingerprint density at radius 2 is 1.90 bits per heavy atom. The number of nitrogens with one attached hydrogen (secondary N) is 1. The van der Waals surface area contributed by atoms with Crippen molar-refractivity contribution < 1.29 is 9.13 Å². The summed E-state index contributed by atoms with van der Waals surface area (Å²) in [6.07, 6.45) is 0. The molecule has 3 nitrogen and oxygen atoms in total. The lowest BCUT2D eigenvalue weighted by Crippen LogP contribution is -2.40. The summed E-state index contributed by atoms with van der Waals surface area (Å²) in [7, 11) is 1.57. The van der Waals surface area contributed by atoms with Gasteiger partial charge in [-0.3, -0.25) is 0 Å². The molecule has 4 heteroatoms. The van der Waals surface area contributed by atoms with Gasteiger partial charge in [-0.2, -0.15) is 0 Å². The fourth-order valence-electron chi connectivity index (χ4n) is 2.55. The van der Waals surface area contributed by atoms with Gasteiger partial charge in [0.1, 0.15) is 11.6 Å². The third kappa shape index (κ3) is 4.46. The zero-order valence-electron chi connectivity index (χ0n) is 13.2. The Kier molecular flexibility index (Phi) is 6.96. The first-order valence-corrected chi connectivity index (χ1v) is 7.34. The van der Waals surface area contributed by atoms with Crippen LogP contribution in [0.5, 0.6) is 5.75 Å². The van der Waals surface area contributed by atoms with E-state index in [9.17, 15) is 4.39 Å². The maximum Gasteiger partial charge on any atom is 0.131 e. The van der Waals surface area contributed by atoms with Crippen LogP contribution in [0, 0.1) is 5.82 Å². The van der Waals surface area contributed by atoms with Crippen LogP contribution < -0.4 is 10.1 Å². The molecule has 0 radical (unpaired) electrons. The molecule has 1 aromatic rings. The molecule has 0 amide bonds. The number of hydrogen-bond donors (Lipinski definition) is 1. The van der Waals surface area contributed by atoms with Crippen molar-refractivity contribution in [2.24, 2.45) is 0 Å². The minimum absolute atomic E-state index is 0.0864. The number of halogens is 1. The van der Waals surface area contributed by atoms with E-state index in [0.717, 1.165) is 19.6 Å². The van der Waals surface area contributed by atoms with Crippen molar-refractivity contribution in [1.82, 2.24) is 10.2 Å². The molecule has 0 aliphatic carbocycles. The fraction of sp³-hybridized carbons (Fsp3) is 0.625. The lowest BCUT2D eigenvalue weighted by Gasteiger charge is -2.27. The van der Waals surface area contributed by atoms with Crippen LogP contribution in [-0.4, -0.2) is 37.7 Å². The Morgan fingerprint density at radius 3 is 2.45 bits per heavy atom. The average molecular weight is 282 g/mol. The molecule has 0 aromatic heterocycles. The molecular formula is C16H27FN2O. The predicted molar refractivity (Wildman–Crippen MR) is 81.8 cm³/mol. The molecule has 1 aromatic carbocycles. The molecule has 0 aliphatic heterocycles. The highest BCUT2D eigenvalue weighted by Gasteiger charge is 2.18. The first-order chi connectivity index (χ1) is 9.53. The summed E-state index contributed by atoms with van der Waals surface area (Å²) in [5, 5.41) is 3.45. The van der Waals surface area contributed by atoms with Crippen molar-refractivity contribution in [2.45, 2.75) is 39.8 Å². The third-order valence-electron chi connectivity index (χ3n) is 3.63. The van der Waals surface area contributed by atoms with Crippen LogP contribution in [0.4, 0.5) is 4.39 Å². The van der Waals surface area contributed by atoms with Gasteiger partial charge in [-0.1, -0.05) is 19.9 Å². The van der Waals surface area contributed by atoms with Gasteiger partial charge in [-0.15, -0.1) is 0 Å². The summed E-state index contributed by atoms with van der Waals surface area (Å²) in [4.78, 5) is 2.35. The second kappa shape index (κ2) is 8.22. The highest BCUT2D eigenvalue weighted by atomic mass is 19.1. The first kappa shape index (κ1) is 16.9. The summed E-state index contributed by atoms with van der Waals surface area (Å²) in [6.45, 7) is 11.4. The lowest BCUT2D eigenvalue weighted by molar-refractivity contribution is 0.262. The Balaban J connectivity index is 2.73. The topological polar surface area (TPSA) is 24.5 Å². The minimum Gasteiger partial charge on any atom is -0.496 e. The van der Waals surface area contributed by atoms with E-state index < -0.39 is 0 Å². The largest absolute Gasteiger partial charge is 0.496 e. The SMILES string of the molecule is CCN(CC)CC(C)NC(C)c1c(F)cccc1OC. The van der Waals surface area contributed by atoms with E-state index in [1.165, 1.54) is 6.07 Å². The van der Waals surface area contributed by atoms with Crippen molar-refractivity contribution in [3.05, 3.63) is 29.6 Å². The van der Waals surface area contributed by atoms with Gasteiger partial charge in [0.15, 0.2) is 0 Å². The Bertz CT molecular complexity index is 407. The van der Waals surface area contributed by atoms with Crippen molar-refractivity contribution in [3.8, 4) is 5.75 Å². The highest BCUT2D eigenvalue weighted by molar-refractivity contribution is 5.36. The Labute approximate surface area is 122 Å². The normalized spacial score (nSPS) is 14.3. The number of hydrogen-bond acceptors (Lipinski definition) is 3. The van der Waals surface area contributed by atoms with E-state index in [-0.39, 0.29) is 17.9 Å². The van der Waals surface area contributed by atoms with Gasteiger partial charge in [0, 0.05) is 24.2 Å². The van der Waals surface area contributed by atoms with Gasteiger partial charge >= 0.3 is 0 Å². The lowest BCUT2D eigenvalue weighted by atomic mass is 10.1. The monoisotopic (exact) mass is 282 g/mol. The van der Waals surface area contributed by atoms with E-state index in [1.54, 1.807) is 19.2 Å². The summed E-state index contributed by atoms with van der Waals surface area (Å²) in [5.74, 6) is 0.374. The van der Waals surface area contributed by atoms with E-state index in [0.29, 0.717) is 11.3 Å². The smallest absolute Gasteiger partial charge is 0.131 e. The van der Waals surface area contributed by atoms with Crippen LogP contribution in [0.25, 0.3) is 0 Å². The second-order valence-electron chi connectivity index (χ2n) is 5.13. The number of likely N-dealkylation sites (N-methyl/N-ethyl adjacent to an activating group) is 1. The van der Waals surface area contributed by atoms with E-state index >= 15 is 0 Å². The zero-order valence-corrected chi connectivity index (χ0v) is 13.2. The summed E-state index contributed by atoms with van der Waals surface area (Å²) in [6, 6.07) is 5.14. The van der Waals surface area contributed by atoms with Crippen LogP contribution in [0.15, 0.2) is 18.2 Å². The summed E-state index contributed by atoms with van der Waals surface area (Å²) < 4.78 is 19.3. The second-order valence-corrected chi connectivity index (χ2v) is 5.13. The van der Waals surface area contributed by atoms with Crippen molar-refractivity contribution in [2.75, 3.05) is 26.7 Å². The summed E-state index contributed by atoms with van der Waals surface area (Å²) in [5.41, 5.74) is 0.599. The molecule has 2 unspecified atom stereocenters. The van der Waals surface area contributed by atoms with Gasteiger partial charge in [0.25, 0.3) is 0 Å². The van der Waals surface area contributed by atoms with Gasteiger partial charge in [0.05, 0.1) is 7.11 Å². The van der Waals surface area contributed by atoms with Gasteiger partial charge in [-0.25, -0.2) is 4.39 Å². The molecule has 0 bridgehead atoms. The highest BCUT2D eigenvalue weighted by Crippen LogP contribution is 2.27. The number of benzene rings is 1. The standard InChI is InChI=1S/C16H27FN2O/c1-6-19(7-2)11-12(3)18-13(4)16-14(17)9-8-10-15(16)20-5/h8-10,12-13,18H,6-7,11H2,1-5H3. The molecule has 0 saturated carbocycles. The van der Waals surface area contributed by atoms with Crippen LogP contribution >= 0.6 is 0 Å². The Morgan fingerprint density at radius 1 is 1.25 bits per heavy atom. The molecular weight excluding hydrogens is 255 g/mol. The van der Waals surface area contributed by atoms with Crippen LogP contribution in [0.3, 0.4) is 0 Å². The fourth-order valence-corrected chi connectivity index (χ4v) is 2.55. The number of methoxy groups -OCH3 is 1. The third-order valence-corrected chi connectivity index (χ3v) is 3.63. The molecule has 1 rings (SSSR count). The van der Waals surface area contributed by atoms with E-state index in [1.807, 2.05) is 6.92 Å². The molecule has 114 valence electrons. The number of rotatable bonds is 8. The molecule has 2 atom stereocenters. The maximum atomic E-state index is 14.0. The van der Waals surface area contributed by atoms with Crippen LogP contribution in [-0.2, 0) is 0 Å². The van der Waals surface area contributed by atoms with Gasteiger partial charge < -0.3 is 15.0 Å². The van der Waals surface area contributed by atoms with E-state index in [4.69, 9.17) is 4.74 Å². The summed E-state index contributed by atoms with van der Waals surface area (Å²) >= 11 is 0. The minimum atomic E-state index is -0.223. The number of ether oxygens (including phenoxy) is 1. The van der Waals surface area contributed by atoms with Crippen molar-refractivity contribution in [3.63, 3.8) is 0 Å². The average Bonchev–Trinajstić information content (AvgIpc) is 2.43. The first-order valence-electron chi connectivity index (χ1n) is 7.34. The zero-order chi connectivity index (χ0) is 15.1. The molecule has 0 saturated heterocycles. The van der Waals surface area contributed by atoms with Crippen molar-refractivity contribution >= 4 is 0 Å². The predicted octanol–water partition coefficient (Wildman–Crippen LogP) is 3.22. The van der Waals surface area contributed by atoms with Crippen molar-refractivity contribution in [1.29, 1.82) is 0 Å². The number of nitrogens with zero attached hydrogens (tertiary/aromatic N) is 1. The molecule has 1 N–H and O–H groups in total. The van der Waals surface area contributed by atoms with Crippen LogP contribution in [0.1, 0.15) is 39.3 Å². The quantitative estimate of drug-likeness (QED) is 0.792.